The van der Waals surface area contributed by atoms with Crippen LogP contribution >= 0.6 is 11.6 Å². The second kappa shape index (κ2) is 6.76. The van der Waals surface area contributed by atoms with E-state index in [1.807, 2.05) is 12.1 Å². The van der Waals surface area contributed by atoms with Crippen molar-refractivity contribution in [3.05, 3.63) is 65.2 Å². The number of alkyl halides is 3. The second-order valence-electron chi connectivity index (χ2n) is 5.56. The van der Waals surface area contributed by atoms with Gasteiger partial charge in [0.15, 0.2) is 0 Å². The topological polar surface area (TPSA) is 67.1 Å². The van der Waals surface area contributed by atoms with Gasteiger partial charge in [-0.3, -0.25) is 0 Å². The van der Waals surface area contributed by atoms with Gasteiger partial charge in [0.2, 0.25) is 0 Å². The van der Waals surface area contributed by atoms with Gasteiger partial charge in [-0.15, -0.1) is 0 Å². The number of nitrogens with one attached hydrogen (secondary N) is 2. The Labute approximate surface area is 151 Å². The molecular weight excluding hydrogens is 367 g/mol. The Morgan fingerprint density at radius 3 is 2.50 bits per heavy atom. The molecule has 4 nitrogen and oxygen atoms in total. The molecule has 0 saturated carbocycles. The fraction of sp³-hybridized carbons (Fsp3) is 0.0556. The highest BCUT2D eigenvalue weighted by Gasteiger charge is 2.33. The van der Waals surface area contributed by atoms with Crippen LogP contribution in [0.25, 0.3) is 10.8 Å². The first-order valence-electron chi connectivity index (χ1n) is 7.47. The van der Waals surface area contributed by atoms with Crippen molar-refractivity contribution in [1.82, 2.24) is 0 Å². The van der Waals surface area contributed by atoms with Crippen LogP contribution in [0.1, 0.15) is 5.56 Å². The number of fused-ring (bicyclic) bond motifs is 1. The number of hydrogen-bond donors (Lipinski definition) is 3. The third-order valence-electron chi connectivity index (χ3n) is 3.68. The van der Waals surface area contributed by atoms with Crippen molar-refractivity contribution in [3.8, 4) is 0 Å². The van der Waals surface area contributed by atoms with Crippen molar-refractivity contribution in [2.45, 2.75) is 6.18 Å². The Morgan fingerprint density at radius 1 is 1.00 bits per heavy atom. The van der Waals surface area contributed by atoms with Gasteiger partial charge in [0, 0.05) is 16.8 Å². The Hall–Kier alpha value is -2.93. The van der Waals surface area contributed by atoms with E-state index in [1.54, 1.807) is 24.3 Å². The van der Waals surface area contributed by atoms with E-state index in [1.165, 1.54) is 6.07 Å². The molecule has 0 fully saturated rings. The van der Waals surface area contributed by atoms with Crippen LogP contribution in [0, 0.1) is 0 Å². The number of anilines is 3. The molecule has 0 spiro atoms. The first kappa shape index (κ1) is 17.9. The normalized spacial score (nSPS) is 11.4. The number of carbonyl (C=O) groups excluding carboxylic acids is 1. The van der Waals surface area contributed by atoms with Crippen LogP contribution in [0.4, 0.5) is 35.0 Å². The lowest BCUT2D eigenvalue weighted by Crippen LogP contribution is -2.20. The van der Waals surface area contributed by atoms with Crippen molar-refractivity contribution < 1.29 is 18.0 Å². The number of rotatable bonds is 2. The van der Waals surface area contributed by atoms with E-state index >= 15 is 0 Å². The Bertz CT molecular complexity index is 989. The SMILES string of the molecule is Nc1ccc2cccc(NC(=O)Nc3ccc(Cl)c(C(F)(F)F)c3)c2c1. The Kier molecular flexibility index (Phi) is 4.65. The third-order valence-corrected chi connectivity index (χ3v) is 4.01. The summed E-state index contributed by atoms with van der Waals surface area (Å²) < 4.78 is 38.7. The molecular formula is C18H13ClF3N3O. The minimum atomic E-state index is -4.61. The number of amides is 2. The van der Waals surface area contributed by atoms with Crippen molar-refractivity contribution >= 4 is 45.5 Å². The summed E-state index contributed by atoms with van der Waals surface area (Å²) in [5.74, 6) is 0. The summed E-state index contributed by atoms with van der Waals surface area (Å²) in [4.78, 5) is 12.2. The van der Waals surface area contributed by atoms with Gasteiger partial charge >= 0.3 is 12.2 Å². The summed E-state index contributed by atoms with van der Waals surface area (Å²) in [5.41, 5.74) is 5.74. The van der Waals surface area contributed by atoms with Crippen LogP contribution in [0.2, 0.25) is 5.02 Å². The zero-order valence-corrected chi connectivity index (χ0v) is 13.9. The molecule has 0 radical (unpaired) electrons. The average molecular weight is 380 g/mol. The lowest BCUT2D eigenvalue weighted by molar-refractivity contribution is -0.137. The number of carbonyl (C=O) groups is 1. The smallest absolute Gasteiger partial charge is 0.399 e. The first-order valence-corrected chi connectivity index (χ1v) is 7.85. The molecule has 0 bridgehead atoms. The predicted octanol–water partition coefficient (Wildman–Crippen LogP) is 5.74. The van der Waals surface area contributed by atoms with Gasteiger partial charge in [0.25, 0.3) is 0 Å². The van der Waals surface area contributed by atoms with Crippen molar-refractivity contribution in [2.75, 3.05) is 16.4 Å². The van der Waals surface area contributed by atoms with Gasteiger partial charge in [-0.25, -0.2) is 4.79 Å². The zero-order valence-electron chi connectivity index (χ0n) is 13.2. The number of nitrogen functional groups attached to an aromatic ring is 1. The summed E-state index contributed by atoms with van der Waals surface area (Å²) in [7, 11) is 0. The van der Waals surface area contributed by atoms with Crippen LogP contribution < -0.4 is 16.4 Å². The zero-order chi connectivity index (χ0) is 18.9. The van der Waals surface area contributed by atoms with E-state index in [-0.39, 0.29) is 5.69 Å². The van der Waals surface area contributed by atoms with Gasteiger partial charge in [0.05, 0.1) is 16.3 Å². The molecule has 0 heterocycles. The highest BCUT2D eigenvalue weighted by molar-refractivity contribution is 6.31. The molecule has 0 aromatic heterocycles. The maximum absolute atomic E-state index is 12.9. The van der Waals surface area contributed by atoms with E-state index in [0.717, 1.165) is 22.9 Å². The molecule has 0 saturated heterocycles. The number of nitrogens with two attached hydrogens (primary N) is 1. The van der Waals surface area contributed by atoms with Crippen LogP contribution in [0.3, 0.4) is 0 Å². The minimum absolute atomic E-state index is 0.0287. The fourth-order valence-corrected chi connectivity index (χ4v) is 2.73. The summed E-state index contributed by atoms with van der Waals surface area (Å²) >= 11 is 5.57. The molecule has 0 aliphatic heterocycles. The fourth-order valence-electron chi connectivity index (χ4n) is 2.50. The summed E-state index contributed by atoms with van der Waals surface area (Å²) in [6.07, 6.45) is -4.61. The Balaban J connectivity index is 1.83. The number of benzene rings is 3. The summed E-state index contributed by atoms with van der Waals surface area (Å²) in [5, 5.41) is 6.13. The molecule has 3 aromatic rings. The lowest BCUT2D eigenvalue weighted by atomic mass is 10.1. The van der Waals surface area contributed by atoms with E-state index in [9.17, 15) is 18.0 Å². The predicted molar refractivity (Wildman–Crippen MR) is 97.5 cm³/mol. The summed E-state index contributed by atoms with van der Waals surface area (Å²) in [6, 6.07) is 13.0. The molecule has 134 valence electrons. The standard InChI is InChI=1S/C18H13ClF3N3O/c19-15-7-6-12(9-14(15)18(20,21)22)24-17(26)25-16-3-1-2-10-4-5-11(23)8-13(10)16/h1-9H,23H2,(H2,24,25,26). The van der Waals surface area contributed by atoms with Crippen molar-refractivity contribution in [2.24, 2.45) is 0 Å². The molecule has 2 amide bonds. The molecule has 0 aliphatic carbocycles. The number of halogens is 4. The maximum atomic E-state index is 12.9. The molecule has 26 heavy (non-hydrogen) atoms. The monoisotopic (exact) mass is 379 g/mol. The second-order valence-corrected chi connectivity index (χ2v) is 5.96. The highest BCUT2D eigenvalue weighted by atomic mass is 35.5. The quantitative estimate of drug-likeness (QED) is 0.497. The van der Waals surface area contributed by atoms with E-state index in [4.69, 9.17) is 17.3 Å². The van der Waals surface area contributed by atoms with Crippen LogP contribution in [-0.4, -0.2) is 6.03 Å². The van der Waals surface area contributed by atoms with Gasteiger partial charge < -0.3 is 16.4 Å². The summed E-state index contributed by atoms with van der Waals surface area (Å²) in [6.45, 7) is 0. The lowest BCUT2D eigenvalue weighted by Gasteiger charge is -2.13. The molecule has 8 heteroatoms. The largest absolute Gasteiger partial charge is 0.417 e. The molecule has 0 unspecified atom stereocenters. The van der Waals surface area contributed by atoms with E-state index < -0.39 is 22.8 Å². The molecule has 0 aliphatic rings. The first-order chi connectivity index (χ1) is 12.2. The van der Waals surface area contributed by atoms with Crippen LogP contribution in [-0.2, 0) is 6.18 Å². The highest BCUT2D eigenvalue weighted by Crippen LogP contribution is 2.36. The van der Waals surface area contributed by atoms with Gasteiger partial charge in [-0.1, -0.05) is 29.8 Å². The van der Waals surface area contributed by atoms with E-state index in [0.29, 0.717) is 11.4 Å². The van der Waals surface area contributed by atoms with Gasteiger partial charge in [-0.05, 0) is 41.8 Å². The third kappa shape index (κ3) is 3.83. The molecule has 3 aromatic carbocycles. The number of urea groups is 1. The van der Waals surface area contributed by atoms with Crippen molar-refractivity contribution in [3.63, 3.8) is 0 Å². The number of hydrogen-bond acceptors (Lipinski definition) is 2. The molecule has 4 N–H and O–H groups in total. The average Bonchev–Trinajstić information content (AvgIpc) is 2.56. The Morgan fingerprint density at radius 2 is 1.77 bits per heavy atom. The molecule has 3 rings (SSSR count). The van der Waals surface area contributed by atoms with E-state index in [2.05, 4.69) is 10.6 Å². The van der Waals surface area contributed by atoms with Crippen LogP contribution in [0.15, 0.2) is 54.6 Å². The maximum Gasteiger partial charge on any atom is 0.417 e. The minimum Gasteiger partial charge on any atom is -0.399 e. The van der Waals surface area contributed by atoms with Crippen molar-refractivity contribution in [1.29, 1.82) is 0 Å². The van der Waals surface area contributed by atoms with Gasteiger partial charge in [-0.2, -0.15) is 13.2 Å². The molecule has 0 atom stereocenters. The van der Waals surface area contributed by atoms with Crippen LogP contribution in [0.5, 0.6) is 0 Å². The van der Waals surface area contributed by atoms with Gasteiger partial charge in [0.1, 0.15) is 0 Å².